The van der Waals surface area contributed by atoms with Crippen LogP contribution in [0.5, 0.6) is 5.75 Å². The number of carbonyl (C=O) groups excluding carboxylic acids is 1. The smallest absolute Gasteiger partial charge is 0.266 e. The van der Waals surface area contributed by atoms with Gasteiger partial charge in [0.15, 0.2) is 21.5 Å². The summed E-state index contributed by atoms with van der Waals surface area (Å²) in [4.78, 5) is 19.3. The number of carbonyl (C=O) groups is 1. The highest BCUT2D eigenvalue weighted by Crippen LogP contribution is 2.43. The average Bonchev–Trinajstić information content (AvgIpc) is 3.49. The van der Waals surface area contributed by atoms with Gasteiger partial charge in [-0.2, -0.15) is 0 Å². The monoisotopic (exact) mass is 695 g/mol. The number of halogens is 2. The summed E-state index contributed by atoms with van der Waals surface area (Å²) in [6.45, 7) is 0.716. The Balaban J connectivity index is 1.46. The van der Waals surface area contributed by atoms with Gasteiger partial charge in [0.05, 0.1) is 17.3 Å². The number of nitrogens with zero attached hydrogens (tertiary/aromatic N) is 1. The average molecular weight is 697 g/mol. The molecule has 0 fully saturated rings. The summed E-state index contributed by atoms with van der Waals surface area (Å²) in [7, 11) is -3.78. The van der Waals surface area contributed by atoms with Crippen LogP contribution in [-0.4, -0.2) is 56.4 Å². The first-order chi connectivity index (χ1) is 22.7. The molecule has 0 saturated carbocycles. The van der Waals surface area contributed by atoms with E-state index in [9.17, 15) is 13.2 Å². The molecule has 2 atom stereocenters. The molecule has 4 aromatic carbocycles. The Morgan fingerprint density at radius 3 is 2.34 bits per heavy atom. The molecular formula is C35H35Cl2N3O6S. The molecule has 47 heavy (non-hydrogen) atoms. The number of nitrogens with one attached hydrogen (secondary N) is 2. The fraction of sp³-hybridized carbons (Fsp3) is 0.257. The van der Waals surface area contributed by atoms with Crippen molar-refractivity contribution < 1.29 is 27.8 Å². The third kappa shape index (κ3) is 8.51. The van der Waals surface area contributed by atoms with Crippen molar-refractivity contribution in [2.75, 3.05) is 25.5 Å². The Morgan fingerprint density at radius 2 is 1.66 bits per heavy atom. The maximum Gasteiger partial charge on any atom is 0.266 e. The second-order valence-electron chi connectivity index (χ2n) is 10.9. The fourth-order valence-electron chi connectivity index (χ4n) is 5.21. The molecule has 0 bridgehead atoms. The van der Waals surface area contributed by atoms with E-state index < -0.39 is 27.4 Å². The van der Waals surface area contributed by atoms with Crippen LogP contribution < -0.4 is 15.6 Å². The van der Waals surface area contributed by atoms with Gasteiger partial charge in [-0.05, 0) is 66.1 Å². The van der Waals surface area contributed by atoms with E-state index in [0.29, 0.717) is 52.9 Å². The number of aliphatic hydroxyl groups excluding tert-OH is 1. The van der Waals surface area contributed by atoms with Crippen molar-refractivity contribution >= 4 is 44.8 Å². The minimum absolute atomic E-state index is 0.0253. The molecule has 0 aliphatic carbocycles. The zero-order chi connectivity index (χ0) is 33.3. The van der Waals surface area contributed by atoms with Gasteiger partial charge in [0, 0.05) is 41.6 Å². The number of benzene rings is 4. The van der Waals surface area contributed by atoms with Crippen molar-refractivity contribution in [1.82, 2.24) is 10.9 Å². The molecule has 1 aliphatic heterocycles. The van der Waals surface area contributed by atoms with Gasteiger partial charge in [-0.15, -0.1) is 0 Å². The van der Waals surface area contributed by atoms with Crippen LogP contribution in [-0.2, 0) is 25.8 Å². The summed E-state index contributed by atoms with van der Waals surface area (Å²) >= 11 is 12.3. The van der Waals surface area contributed by atoms with Gasteiger partial charge in [0.1, 0.15) is 5.75 Å². The number of amides is 1. The van der Waals surface area contributed by atoms with Crippen LogP contribution in [0.4, 0.5) is 0 Å². The van der Waals surface area contributed by atoms with E-state index in [1.807, 2.05) is 36.4 Å². The van der Waals surface area contributed by atoms with Gasteiger partial charge in [-0.1, -0.05) is 77.8 Å². The molecule has 0 saturated heterocycles. The standard InChI is InChI=1S/C35H35Cl2N3O6S/c36-28-15-12-25(31(37)24-28)18-20-38-40-34(42)35(19-23-47(43,44)30-10-5-2-6-11-30)32(26-8-3-1-4-9-26)46-33(39-35)27-13-16-29(17-14-27)45-22-7-21-41/h1-6,8-17,24,32,38,41H,7,18-23H2,(H,40,42)/t32-,35-/m0/s1. The number of hydrogen-bond acceptors (Lipinski definition) is 8. The van der Waals surface area contributed by atoms with E-state index in [1.165, 1.54) is 12.1 Å². The van der Waals surface area contributed by atoms with Crippen LogP contribution in [0.2, 0.25) is 10.0 Å². The highest BCUT2D eigenvalue weighted by atomic mass is 35.5. The van der Waals surface area contributed by atoms with Crippen molar-refractivity contribution in [3.05, 3.63) is 130 Å². The Morgan fingerprint density at radius 1 is 0.957 bits per heavy atom. The molecule has 1 amide bonds. The Labute approximate surface area is 284 Å². The lowest BCUT2D eigenvalue weighted by Crippen LogP contribution is -2.53. The minimum Gasteiger partial charge on any atom is -0.494 e. The first kappa shape index (κ1) is 34.4. The SMILES string of the molecule is O=C(NNCCc1ccc(Cl)cc1Cl)[C@@]1(CCS(=O)(=O)c2ccccc2)N=C(c2ccc(OCCCO)cc2)O[C@H]1c1ccccc1. The summed E-state index contributed by atoms with van der Waals surface area (Å²) < 4.78 is 39.1. The second kappa shape index (κ2) is 15.8. The predicted octanol–water partition coefficient (Wildman–Crippen LogP) is 5.74. The van der Waals surface area contributed by atoms with Crippen LogP contribution >= 0.6 is 23.2 Å². The molecule has 3 N–H and O–H groups in total. The maximum atomic E-state index is 14.3. The van der Waals surface area contributed by atoms with Crippen LogP contribution in [0.1, 0.15) is 35.6 Å². The molecule has 0 spiro atoms. The fourth-order valence-corrected chi connectivity index (χ4v) is 7.10. The molecule has 12 heteroatoms. The van der Waals surface area contributed by atoms with Crippen LogP contribution in [0.25, 0.3) is 0 Å². The molecule has 0 aromatic heterocycles. The largest absolute Gasteiger partial charge is 0.494 e. The van der Waals surface area contributed by atoms with Crippen molar-refractivity contribution in [2.24, 2.45) is 4.99 Å². The zero-order valence-electron chi connectivity index (χ0n) is 25.4. The first-order valence-electron chi connectivity index (χ1n) is 15.1. The Kier molecular flexibility index (Phi) is 11.5. The molecule has 9 nitrogen and oxygen atoms in total. The lowest BCUT2D eigenvalue weighted by atomic mass is 9.85. The third-order valence-corrected chi connectivity index (χ3v) is 10.0. The number of aliphatic hydroxyl groups is 1. The molecule has 0 unspecified atom stereocenters. The van der Waals surface area contributed by atoms with Gasteiger partial charge in [0.2, 0.25) is 5.90 Å². The van der Waals surface area contributed by atoms with Gasteiger partial charge in [0.25, 0.3) is 5.91 Å². The Hall–Kier alpha value is -3.93. The number of ether oxygens (including phenoxy) is 2. The van der Waals surface area contributed by atoms with E-state index >= 15 is 0 Å². The molecule has 1 aliphatic rings. The predicted molar refractivity (Wildman–Crippen MR) is 183 cm³/mol. The van der Waals surface area contributed by atoms with Gasteiger partial charge >= 0.3 is 0 Å². The third-order valence-electron chi connectivity index (χ3n) is 7.72. The normalized spacial score (nSPS) is 17.5. The summed E-state index contributed by atoms with van der Waals surface area (Å²) in [5, 5.41) is 10.1. The number of hydrazine groups is 1. The van der Waals surface area contributed by atoms with Gasteiger partial charge < -0.3 is 14.6 Å². The summed E-state index contributed by atoms with van der Waals surface area (Å²) in [6.07, 6.45) is -0.101. The second-order valence-corrected chi connectivity index (χ2v) is 13.9. The quantitative estimate of drug-likeness (QED) is 0.107. The minimum atomic E-state index is -3.78. The van der Waals surface area contributed by atoms with Gasteiger partial charge in [-0.25, -0.2) is 18.8 Å². The molecular weight excluding hydrogens is 661 g/mol. The van der Waals surface area contributed by atoms with Crippen molar-refractivity contribution in [2.45, 2.75) is 35.8 Å². The van der Waals surface area contributed by atoms with Crippen molar-refractivity contribution in [3.8, 4) is 5.75 Å². The van der Waals surface area contributed by atoms with E-state index in [4.69, 9.17) is 42.8 Å². The highest BCUT2D eigenvalue weighted by Gasteiger charge is 2.53. The molecule has 5 rings (SSSR count). The summed E-state index contributed by atoms with van der Waals surface area (Å²) in [5.41, 5.74) is 6.18. The van der Waals surface area contributed by atoms with E-state index in [1.54, 1.807) is 54.6 Å². The van der Waals surface area contributed by atoms with Crippen LogP contribution in [0.3, 0.4) is 0 Å². The Bertz CT molecular complexity index is 1790. The molecule has 246 valence electrons. The lowest BCUT2D eigenvalue weighted by molar-refractivity contribution is -0.130. The number of sulfone groups is 1. The van der Waals surface area contributed by atoms with Crippen molar-refractivity contribution in [1.29, 1.82) is 0 Å². The number of hydrogen-bond donors (Lipinski definition) is 3. The zero-order valence-corrected chi connectivity index (χ0v) is 27.8. The maximum absolute atomic E-state index is 14.3. The van der Waals surface area contributed by atoms with Crippen molar-refractivity contribution in [3.63, 3.8) is 0 Å². The van der Waals surface area contributed by atoms with Gasteiger partial charge in [-0.3, -0.25) is 10.2 Å². The topological polar surface area (TPSA) is 126 Å². The molecule has 1 heterocycles. The van der Waals surface area contributed by atoms with Crippen LogP contribution in [0.15, 0.2) is 113 Å². The molecule has 0 radical (unpaired) electrons. The highest BCUT2D eigenvalue weighted by molar-refractivity contribution is 7.91. The lowest BCUT2D eigenvalue weighted by Gasteiger charge is -2.30. The number of rotatable bonds is 15. The summed E-state index contributed by atoms with van der Waals surface area (Å²) in [5.74, 6) is -0.105. The van der Waals surface area contributed by atoms with E-state index in [2.05, 4.69) is 10.9 Å². The van der Waals surface area contributed by atoms with Crippen LogP contribution in [0, 0.1) is 0 Å². The number of aliphatic imine (C=N–C) groups is 1. The summed E-state index contributed by atoms with van der Waals surface area (Å²) in [6, 6.07) is 29.5. The molecule has 4 aromatic rings. The van der Waals surface area contributed by atoms with E-state index in [0.717, 1.165) is 5.56 Å². The van der Waals surface area contributed by atoms with E-state index in [-0.39, 0.29) is 29.6 Å². The first-order valence-corrected chi connectivity index (χ1v) is 17.5.